The van der Waals surface area contributed by atoms with E-state index in [1.165, 1.54) is 23.7 Å². The number of aryl methyl sites for hydroxylation is 1. The Morgan fingerprint density at radius 3 is 2.52 bits per heavy atom. The number of rotatable bonds is 4. The normalized spacial score (nSPS) is 10.5. The molecule has 0 fully saturated rings. The molecule has 116 valence electrons. The molecule has 3 aromatic rings. The Hall–Kier alpha value is -2.31. The van der Waals surface area contributed by atoms with Crippen molar-refractivity contribution in [3.63, 3.8) is 0 Å². The first-order valence-corrected chi connectivity index (χ1v) is 8.05. The summed E-state index contributed by atoms with van der Waals surface area (Å²) in [6.45, 7) is 2.05. The van der Waals surface area contributed by atoms with E-state index < -0.39 is 0 Å². The number of hydrogen-bond donors (Lipinski definition) is 2. The molecule has 0 aliphatic rings. The van der Waals surface area contributed by atoms with Gasteiger partial charge in [-0.3, -0.25) is 0 Å². The van der Waals surface area contributed by atoms with Crippen LogP contribution in [0.15, 0.2) is 58.8 Å². The lowest BCUT2D eigenvalue weighted by molar-refractivity contribution is 1.06. The molecule has 0 saturated carbocycles. The molecule has 0 radical (unpaired) electrons. The Bertz CT molecular complexity index is 740. The Labute approximate surface area is 143 Å². The maximum atomic E-state index is 6.18. The molecule has 0 atom stereocenters. The van der Waals surface area contributed by atoms with Crippen LogP contribution in [0.5, 0.6) is 0 Å². The van der Waals surface area contributed by atoms with Gasteiger partial charge in [-0.25, -0.2) is 15.0 Å². The third-order valence-corrected chi connectivity index (χ3v) is 4.31. The average Bonchev–Trinajstić information content (AvgIpc) is 2.55. The standard InChI is InChI=1S/C16H14ClN5S/c1-10-2-5-12(6-3-10)23-16-14(18)15(20-9-21-16)22-13-7-4-11(17)8-19-13/h2-9H,18H2,1H3,(H,19,20,21,22). The molecule has 3 rings (SSSR count). The maximum absolute atomic E-state index is 6.18. The van der Waals surface area contributed by atoms with Crippen LogP contribution >= 0.6 is 23.4 Å². The van der Waals surface area contributed by atoms with Gasteiger partial charge in [-0.2, -0.15) is 0 Å². The molecule has 3 N–H and O–H groups in total. The SMILES string of the molecule is Cc1ccc(Sc2ncnc(Nc3ccc(Cl)cn3)c2N)cc1. The number of aromatic nitrogens is 3. The van der Waals surface area contributed by atoms with Crippen molar-refractivity contribution in [3.8, 4) is 0 Å². The van der Waals surface area contributed by atoms with Gasteiger partial charge in [0, 0.05) is 11.1 Å². The Kier molecular flexibility index (Phi) is 4.64. The molecular weight excluding hydrogens is 330 g/mol. The van der Waals surface area contributed by atoms with Gasteiger partial charge in [-0.05, 0) is 31.2 Å². The van der Waals surface area contributed by atoms with E-state index in [1.807, 2.05) is 12.1 Å². The van der Waals surface area contributed by atoms with Crippen molar-refractivity contribution in [1.29, 1.82) is 0 Å². The highest BCUT2D eigenvalue weighted by Gasteiger charge is 2.10. The number of benzene rings is 1. The molecule has 0 saturated heterocycles. The highest BCUT2D eigenvalue weighted by atomic mass is 35.5. The first-order valence-electron chi connectivity index (χ1n) is 6.85. The summed E-state index contributed by atoms with van der Waals surface area (Å²) >= 11 is 7.32. The fourth-order valence-corrected chi connectivity index (χ4v) is 2.76. The fraction of sp³-hybridized carbons (Fsp3) is 0.0625. The quantitative estimate of drug-likeness (QED) is 0.687. The van der Waals surface area contributed by atoms with Crippen LogP contribution in [0.3, 0.4) is 0 Å². The highest BCUT2D eigenvalue weighted by Crippen LogP contribution is 2.33. The second-order valence-corrected chi connectivity index (χ2v) is 6.34. The Balaban J connectivity index is 1.83. The van der Waals surface area contributed by atoms with Gasteiger partial charge < -0.3 is 11.1 Å². The zero-order valence-corrected chi connectivity index (χ0v) is 13.9. The number of halogens is 1. The summed E-state index contributed by atoms with van der Waals surface area (Å²) in [7, 11) is 0. The lowest BCUT2D eigenvalue weighted by atomic mass is 10.2. The van der Waals surface area contributed by atoms with E-state index in [9.17, 15) is 0 Å². The first-order chi connectivity index (χ1) is 11.1. The monoisotopic (exact) mass is 343 g/mol. The molecule has 0 bridgehead atoms. The smallest absolute Gasteiger partial charge is 0.159 e. The van der Waals surface area contributed by atoms with Crippen LogP contribution in [0, 0.1) is 6.92 Å². The van der Waals surface area contributed by atoms with Crippen molar-refractivity contribution in [2.45, 2.75) is 16.8 Å². The molecule has 2 heterocycles. The van der Waals surface area contributed by atoms with E-state index in [0.29, 0.717) is 27.4 Å². The first kappa shape index (κ1) is 15.6. The average molecular weight is 344 g/mol. The minimum atomic E-state index is 0.481. The summed E-state index contributed by atoms with van der Waals surface area (Å²) in [6.07, 6.45) is 3.04. The second kappa shape index (κ2) is 6.85. The van der Waals surface area contributed by atoms with E-state index >= 15 is 0 Å². The molecule has 0 aliphatic heterocycles. The lowest BCUT2D eigenvalue weighted by Crippen LogP contribution is -2.03. The molecule has 0 aliphatic carbocycles. The van der Waals surface area contributed by atoms with Crippen LogP contribution in [-0.2, 0) is 0 Å². The third-order valence-electron chi connectivity index (χ3n) is 3.06. The van der Waals surface area contributed by atoms with E-state index in [1.54, 1.807) is 18.3 Å². The van der Waals surface area contributed by atoms with Crippen LogP contribution in [0.4, 0.5) is 17.3 Å². The zero-order valence-electron chi connectivity index (χ0n) is 12.3. The summed E-state index contributed by atoms with van der Waals surface area (Å²) in [5, 5.41) is 4.34. The number of pyridine rings is 1. The van der Waals surface area contributed by atoms with Crippen molar-refractivity contribution in [3.05, 3.63) is 59.5 Å². The minimum absolute atomic E-state index is 0.481. The summed E-state index contributed by atoms with van der Waals surface area (Å²) < 4.78 is 0. The van der Waals surface area contributed by atoms with Crippen LogP contribution in [0.1, 0.15) is 5.56 Å². The molecule has 0 spiro atoms. The van der Waals surface area contributed by atoms with Crippen LogP contribution in [-0.4, -0.2) is 15.0 Å². The van der Waals surface area contributed by atoms with Crippen molar-refractivity contribution >= 4 is 40.7 Å². The van der Waals surface area contributed by atoms with Gasteiger partial charge in [0.05, 0.1) is 5.02 Å². The number of nitrogen functional groups attached to an aromatic ring is 1. The Morgan fingerprint density at radius 1 is 1.04 bits per heavy atom. The van der Waals surface area contributed by atoms with Crippen LogP contribution in [0.2, 0.25) is 5.02 Å². The molecule has 7 heteroatoms. The molecule has 0 amide bonds. The van der Waals surface area contributed by atoms with Gasteiger partial charge >= 0.3 is 0 Å². The molecule has 1 aromatic carbocycles. The number of nitrogens with two attached hydrogens (primary N) is 1. The molecule has 2 aromatic heterocycles. The largest absolute Gasteiger partial charge is 0.394 e. The van der Waals surface area contributed by atoms with E-state index in [4.69, 9.17) is 17.3 Å². The van der Waals surface area contributed by atoms with Crippen molar-refractivity contribution in [2.75, 3.05) is 11.1 Å². The van der Waals surface area contributed by atoms with Gasteiger partial charge in [0.25, 0.3) is 0 Å². The van der Waals surface area contributed by atoms with Gasteiger partial charge in [0.2, 0.25) is 0 Å². The van der Waals surface area contributed by atoms with E-state index in [2.05, 4.69) is 39.3 Å². The topological polar surface area (TPSA) is 76.7 Å². The number of nitrogens with one attached hydrogen (secondary N) is 1. The number of anilines is 3. The van der Waals surface area contributed by atoms with Gasteiger partial charge in [0.1, 0.15) is 22.9 Å². The van der Waals surface area contributed by atoms with Crippen LogP contribution < -0.4 is 11.1 Å². The van der Waals surface area contributed by atoms with Gasteiger partial charge in [-0.15, -0.1) is 0 Å². The summed E-state index contributed by atoms with van der Waals surface area (Å²) in [5.74, 6) is 1.13. The molecule has 0 unspecified atom stereocenters. The predicted octanol–water partition coefficient (Wildman–Crippen LogP) is 4.31. The summed E-state index contributed by atoms with van der Waals surface area (Å²) in [5.41, 5.74) is 7.87. The zero-order chi connectivity index (χ0) is 16.2. The van der Waals surface area contributed by atoms with Gasteiger partial charge in [0.15, 0.2) is 5.82 Å². The van der Waals surface area contributed by atoms with E-state index in [0.717, 1.165) is 4.90 Å². The third kappa shape index (κ3) is 3.91. The number of hydrogen-bond acceptors (Lipinski definition) is 6. The second-order valence-electron chi connectivity index (χ2n) is 4.84. The van der Waals surface area contributed by atoms with Crippen molar-refractivity contribution in [2.24, 2.45) is 0 Å². The van der Waals surface area contributed by atoms with Crippen molar-refractivity contribution < 1.29 is 0 Å². The lowest BCUT2D eigenvalue weighted by Gasteiger charge is -2.10. The summed E-state index contributed by atoms with van der Waals surface area (Å²) in [4.78, 5) is 13.7. The maximum Gasteiger partial charge on any atom is 0.159 e. The number of nitrogens with zero attached hydrogens (tertiary/aromatic N) is 3. The molecular formula is C16H14ClN5S. The Morgan fingerprint density at radius 2 is 1.83 bits per heavy atom. The highest BCUT2D eigenvalue weighted by molar-refractivity contribution is 7.99. The fourth-order valence-electron chi connectivity index (χ4n) is 1.85. The van der Waals surface area contributed by atoms with Crippen LogP contribution in [0.25, 0.3) is 0 Å². The predicted molar refractivity (Wildman–Crippen MR) is 94.3 cm³/mol. The molecule has 5 nitrogen and oxygen atoms in total. The molecule has 23 heavy (non-hydrogen) atoms. The van der Waals surface area contributed by atoms with E-state index in [-0.39, 0.29) is 0 Å². The summed E-state index contributed by atoms with van der Waals surface area (Å²) in [6, 6.07) is 11.7. The minimum Gasteiger partial charge on any atom is -0.394 e. The van der Waals surface area contributed by atoms with Gasteiger partial charge in [-0.1, -0.05) is 41.1 Å². The van der Waals surface area contributed by atoms with Crippen molar-refractivity contribution in [1.82, 2.24) is 15.0 Å².